The van der Waals surface area contributed by atoms with E-state index in [1.54, 1.807) is 0 Å². The van der Waals surface area contributed by atoms with Gasteiger partial charge in [0.15, 0.2) is 6.61 Å². The molecule has 0 unspecified atom stereocenters. The van der Waals surface area contributed by atoms with E-state index in [9.17, 15) is 18.4 Å². The Morgan fingerprint density at radius 3 is 2.79 bits per heavy atom. The summed E-state index contributed by atoms with van der Waals surface area (Å²) >= 11 is 5.95. The molecule has 2 aliphatic rings. The number of carbonyl (C=O) groups excluding carboxylic acids is 2. The minimum absolute atomic E-state index is 0.140. The Morgan fingerprint density at radius 1 is 1.31 bits per heavy atom. The van der Waals surface area contributed by atoms with E-state index in [2.05, 4.69) is 5.32 Å². The van der Waals surface area contributed by atoms with Crippen LogP contribution in [-0.4, -0.2) is 43.0 Å². The van der Waals surface area contributed by atoms with Crippen molar-refractivity contribution in [2.24, 2.45) is 5.41 Å². The average molecular weight is 423 g/mol. The highest BCUT2D eigenvalue weighted by Gasteiger charge is 2.43. The molecule has 1 fully saturated rings. The van der Waals surface area contributed by atoms with Gasteiger partial charge in [-0.25, -0.2) is 8.78 Å². The van der Waals surface area contributed by atoms with Crippen LogP contribution in [0.25, 0.3) is 0 Å². The van der Waals surface area contributed by atoms with E-state index >= 15 is 0 Å². The van der Waals surface area contributed by atoms with Crippen LogP contribution < -0.4 is 14.8 Å². The number of halogens is 3. The molecule has 4 rings (SSSR count). The number of ether oxygens (including phenoxy) is 2. The molecule has 2 heterocycles. The molecule has 0 saturated carbocycles. The third-order valence-electron chi connectivity index (χ3n) is 4.83. The number of likely N-dealkylation sites (tertiary alicyclic amines) is 1. The molecule has 2 amide bonds. The maximum absolute atomic E-state index is 14.4. The fraction of sp³-hybridized carbons (Fsp3) is 0.300. The first-order valence-corrected chi connectivity index (χ1v) is 9.25. The van der Waals surface area contributed by atoms with E-state index in [1.807, 2.05) is 6.92 Å². The van der Waals surface area contributed by atoms with Crippen LogP contribution >= 0.6 is 11.6 Å². The Bertz CT molecular complexity index is 1010. The number of rotatable bonds is 4. The van der Waals surface area contributed by atoms with Gasteiger partial charge in [0, 0.05) is 24.6 Å². The molecular weight excluding hydrogens is 406 g/mol. The van der Waals surface area contributed by atoms with Gasteiger partial charge in [0.25, 0.3) is 11.8 Å². The molecule has 6 nitrogen and oxygen atoms in total. The van der Waals surface area contributed by atoms with E-state index < -0.39 is 17.5 Å². The molecule has 0 radical (unpaired) electrons. The molecule has 152 valence electrons. The summed E-state index contributed by atoms with van der Waals surface area (Å²) in [6, 6.07) is 6.25. The Morgan fingerprint density at radius 2 is 2.07 bits per heavy atom. The number of anilines is 1. The molecule has 1 N–H and O–H groups in total. The van der Waals surface area contributed by atoms with Crippen LogP contribution in [0.5, 0.6) is 11.5 Å². The van der Waals surface area contributed by atoms with Crippen molar-refractivity contribution in [1.29, 1.82) is 0 Å². The SMILES string of the molecule is CC1(COc2ccc(F)cc2Cl)CN(C(=O)c2cc3c(cc2F)OCC(=O)N3)C1. The van der Waals surface area contributed by atoms with Crippen molar-refractivity contribution in [2.75, 3.05) is 31.6 Å². The number of nitrogens with one attached hydrogen (secondary N) is 1. The average Bonchev–Trinajstić information content (AvgIpc) is 2.64. The van der Waals surface area contributed by atoms with Crippen LogP contribution in [0.1, 0.15) is 17.3 Å². The molecule has 2 aliphatic heterocycles. The Hall–Kier alpha value is -2.87. The van der Waals surface area contributed by atoms with Gasteiger partial charge in [0.05, 0.1) is 22.9 Å². The number of amides is 2. The van der Waals surface area contributed by atoms with Crippen LogP contribution in [0.15, 0.2) is 30.3 Å². The zero-order valence-corrected chi connectivity index (χ0v) is 16.2. The lowest BCUT2D eigenvalue weighted by atomic mass is 9.82. The molecule has 0 spiro atoms. The molecule has 0 atom stereocenters. The predicted octanol–water partition coefficient (Wildman–Crippen LogP) is 3.49. The lowest BCUT2D eigenvalue weighted by Crippen LogP contribution is -2.59. The van der Waals surface area contributed by atoms with Crippen molar-refractivity contribution < 1.29 is 27.8 Å². The fourth-order valence-corrected chi connectivity index (χ4v) is 3.61. The predicted molar refractivity (Wildman–Crippen MR) is 101 cm³/mol. The maximum Gasteiger partial charge on any atom is 0.262 e. The van der Waals surface area contributed by atoms with Crippen LogP contribution in [0.3, 0.4) is 0 Å². The van der Waals surface area contributed by atoms with Crippen molar-refractivity contribution in [3.05, 3.63) is 52.6 Å². The lowest BCUT2D eigenvalue weighted by molar-refractivity contribution is -0.118. The second-order valence-corrected chi connectivity index (χ2v) is 7.91. The molecule has 1 saturated heterocycles. The standard InChI is InChI=1S/C20H17ClF2N2O4/c1-20(10-29-16-3-2-11(22)4-13(16)21)8-25(9-20)19(27)12-5-15-17(6-14(12)23)28-7-18(26)24-15/h2-6H,7-10H2,1H3,(H,24,26). The first kappa shape index (κ1) is 19.4. The summed E-state index contributed by atoms with van der Waals surface area (Å²) in [6.45, 7) is 2.69. The summed E-state index contributed by atoms with van der Waals surface area (Å²) in [6.07, 6.45) is 0. The normalized spacial score (nSPS) is 17.0. The highest BCUT2D eigenvalue weighted by Crippen LogP contribution is 2.36. The molecule has 2 aromatic carbocycles. The van der Waals surface area contributed by atoms with Crippen LogP contribution in [0, 0.1) is 17.0 Å². The summed E-state index contributed by atoms with van der Waals surface area (Å²) in [4.78, 5) is 25.6. The summed E-state index contributed by atoms with van der Waals surface area (Å²) in [5.74, 6) is -1.47. The van der Waals surface area contributed by atoms with E-state index in [4.69, 9.17) is 21.1 Å². The molecule has 9 heteroatoms. The minimum Gasteiger partial charge on any atom is -0.491 e. The van der Waals surface area contributed by atoms with Crippen molar-refractivity contribution in [3.8, 4) is 11.5 Å². The summed E-state index contributed by atoms with van der Waals surface area (Å²) in [5, 5.41) is 2.73. The van der Waals surface area contributed by atoms with Gasteiger partial charge in [-0.3, -0.25) is 9.59 Å². The van der Waals surface area contributed by atoms with Crippen molar-refractivity contribution in [1.82, 2.24) is 4.90 Å². The zero-order valence-electron chi connectivity index (χ0n) is 15.4. The topological polar surface area (TPSA) is 67.9 Å². The lowest BCUT2D eigenvalue weighted by Gasteiger charge is -2.47. The summed E-state index contributed by atoms with van der Waals surface area (Å²) in [7, 11) is 0. The van der Waals surface area contributed by atoms with Gasteiger partial charge in [0.2, 0.25) is 0 Å². The highest BCUT2D eigenvalue weighted by molar-refractivity contribution is 6.32. The number of hydrogen-bond donors (Lipinski definition) is 1. The van der Waals surface area contributed by atoms with Gasteiger partial charge in [0.1, 0.15) is 23.1 Å². The zero-order chi connectivity index (χ0) is 20.8. The van der Waals surface area contributed by atoms with Gasteiger partial charge in [-0.05, 0) is 24.3 Å². The van der Waals surface area contributed by atoms with Crippen LogP contribution in [0.4, 0.5) is 14.5 Å². The molecule has 0 bridgehead atoms. The van der Waals surface area contributed by atoms with Crippen LogP contribution in [-0.2, 0) is 4.79 Å². The number of hydrogen-bond acceptors (Lipinski definition) is 4. The number of fused-ring (bicyclic) bond motifs is 1. The van der Waals surface area contributed by atoms with Crippen molar-refractivity contribution in [2.45, 2.75) is 6.92 Å². The van der Waals surface area contributed by atoms with Crippen LogP contribution in [0.2, 0.25) is 5.02 Å². The van der Waals surface area contributed by atoms with Gasteiger partial charge >= 0.3 is 0 Å². The number of carbonyl (C=O) groups is 2. The molecule has 0 aliphatic carbocycles. The third-order valence-corrected chi connectivity index (χ3v) is 5.13. The Balaban J connectivity index is 1.41. The van der Waals surface area contributed by atoms with Crippen molar-refractivity contribution >= 4 is 29.1 Å². The first-order valence-electron chi connectivity index (χ1n) is 8.87. The fourth-order valence-electron chi connectivity index (χ4n) is 3.39. The largest absolute Gasteiger partial charge is 0.491 e. The van der Waals surface area contributed by atoms with Crippen molar-refractivity contribution in [3.63, 3.8) is 0 Å². The van der Waals surface area contributed by atoms with Gasteiger partial charge in [-0.15, -0.1) is 0 Å². The number of benzene rings is 2. The van der Waals surface area contributed by atoms with E-state index in [1.165, 1.54) is 23.1 Å². The Kier molecular flexibility index (Phi) is 4.82. The van der Waals surface area contributed by atoms with E-state index in [0.29, 0.717) is 18.8 Å². The second kappa shape index (κ2) is 7.18. The van der Waals surface area contributed by atoms with Gasteiger partial charge < -0.3 is 19.7 Å². The first-order chi connectivity index (χ1) is 13.7. The molecular formula is C20H17ClF2N2O4. The maximum atomic E-state index is 14.4. The van der Waals surface area contributed by atoms with Gasteiger partial charge in [-0.1, -0.05) is 18.5 Å². The van der Waals surface area contributed by atoms with E-state index in [0.717, 1.165) is 12.1 Å². The summed E-state index contributed by atoms with van der Waals surface area (Å²) < 4.78 is 38.3. The van der Waals surface area contributed by atoms with Gasteiger partial charge in [-0.2, -0.15) is 0 Å². The molecule has 0 aromatic heterocycles. The van der Waals surface area contributed by atoms with E-state index in [-0.39, 0.29) is 46.6 Å². The third kappa shape index (κ3) is 3.85. The molecule has 2 aromatic rings. The Labute approximate surface area is 170 Å². The summed E-state index contributed by atoms with van der Waals surface area (Å²) in [5.41, 5.74) is -0.224. The smallest absolute Gasteiger partial charge is 0.262 e. The highest BCUT2D eigenvalue weighted by atomic mass is 35.5. The quantitative estimate of drug-likeness (QED) is 0.819. The number of nitrogens with zero attached hydrogens (tertiary/aromatic N) is 1. The second-order valence-electron chi connectivity index (χ2n) is 7.50. The monoisotopic (exact) mass is 422 g/mol. The molecule has 29 heavy (non-hydrogen) atoms. The minimum atomic E-state index is -0.715.